The van der Waals surface area contributed by atoms with Crippen LogP contribution in [0.5, 0.6) is 5.75 Å². The average molecular weight is 510 g/mol. The van der Waals surface area contributed by atoms with Crippen molar-refractivity contribution < 1.29 is 14.6 Å². The lowest BCUT2D eigenvalue weighted by atomic mass is 9.71. The molecule has 2 aromatic carbocycles. The number of aromatic nitrogens is 1. The molecule has 1 aliphatic heterocycles. The second-order valence-electron chi connectivity index (χ2n) is 10.2. The molecule has 1 aromatic heterocycles. The Morgan fingerprint density at radius 2 is 1.91 bits per heavy atom. The fraction of sp³-hybridized carbons (Fsp3) is 0.407. The molecule has 5 rings (SSSR count). The van der Waals surface area contributed by atoms with E-state index >= 15 is 0 Å². The van der Waals surface area contributed by atoms with Gasteiger partial charge in [-0.15, -0.1) is 11.3 Å². The predicted molar refractivity (Wildman–Crippen MR) is 143 cm³/mol. The maximum atomic E-state index is 11.2. The Morgan fingerprint density at radius 1 is 1.17 bits per heavy atom. The molecule has 3 aromatic rings. The smallest absolute Gasteiger partial charge is 0.335 e. The third-order valence-electron chi connectivity index (χ3n) is 7.13. The number of fused-ring (bicyclic) bond motifs is 1. The number of carboxylic acids is 1. The van der Waals surface area contributed by atoms with Crippen LogP contribution in [0.2, 0.25) is 0 Å². The summed E-state index contributed by atoms with van der Waals surface area (Å²) in [5.74, 6) is 0.226. The molecular weight excluding hydrogens is 478 g/mol. The van der Waals surface area contributed by atoms with Crippen molar-refractivity contribution >= 4 is 35.1 Å². The Morgan fingerprint density at radius 3 is 2.57 bits per heavy atom. The molecule has 0 spiro atoms. The summed E-state index contributed by atoms with van der Waals surface area (Å²) >= 11 is 3.25. The molecule has 0 amide bonds. The summed E-state index contributed by atoms with van der Waals surface area (Å²) in [5, 5.41) is 10.3. The summed E-state index contributed by atoms with van der Waals surface area (Å²) in [6, 6.07) is 13.9. The van der Waals surface area contributed by atoms with Gasteiger partial charge in [0.25, 0.3) is 0 Å². The van der Waals surface area contributed by atoms with Crippen LogP contribution < -0.4 is 9.46 Å². The molecule has 0 unspecified atom stereocenters. The molecule has 0 radical (unpaired) electrons. The SMILES string of the molecule is COc1cc(C(=O)O)ccc1NSN1Cc2nc(-c3ccc(C4CCC(C)(C)CC4)cc3)sc2C1. The molecule has 6 nitrogen and oxygen atoms in total. The zero-order valence-corrected chi connectivity index (χ0v) is 22.0. The van der Waals surface area contributed by atoms with Crippen molar-refractivity contribution in [1.82, 2.24) is 9.29 Å². The summed E-state index contributed by atoms with van der Waals surface area (Å²) < 4.78 is 10.8. The van der Waals surface area contributed by atoms with Crippen LogP contribution >= 0.6 is 23.5 Å². The Hall–Kier alpha value is -2.55. The number of nitrogens with zero attached hydrogens (tertiary/aromatic N) is 2. The van der Waals surface area contributed by atoms with E-state index in [4.69, 9.17) is 9.72 Å². The van der Waals surface area contributed by atoms with Crippen LogP contribution in [0.15, 0.2) is 42.5 Å². The molecular formula is C27H31N3O3S2. The first kappa shape index (κ1) is 24.2. The van der Waals surface area contributed by atoms with Crippen LogP contribution in [0.25, 0.3) is 10.6 Å². The third kappa shape index (κ3) is 5.34. The number of rotatable bonds is 7. The Kier molecular flexibility index (Phi) is 6.79. The van der Waals surface area contributed by atoms with E-state index in [1.807, 2.05) is 0 Å². The lowest BCUT2D eigenvalue weighted by molar-refractivity contribution is 0.0696. The molecule has 2 N–H and O–H groups in total. The van der Waals surface area contributed by atoms with Gasteiger partial charge in [-0.2, -0.15) is 0 Å². The van der Waals surface area contributed by atoms with Crippen molar-refractivity contribution in [2.75, 3.05) is 11.8 Å². The topological polar surface area (TPSA) is 74.7 Å². The maximum absolute atomic E-state index is 11.2. The lowest BCUT2D eigenvalue weighted by Gasteiger charge is -2.34. The van der Waals surface area contributed by atoms with Gasteiger partial charge in [0.2, 0.25) is 0 Å². The third-order valence-corrected chi connectivity index (χ3v) is 9.08. The van der Waals surface area contributed by atoms with Gasteiger partial charge in [0, 0.05) is 29.1 Å². The van der Waals surface area contributed by atoms with Crippen molar-refractivity contribution in [3.05, 3.63) is 64.2 Å². The van der Waals surface area contributed by atoms with Gasteiger partial charge in [-0.3, -0.25) is 0 Å². The largest absolute Gasteiger partial charge is 0.495 e. The molecule has 184 valence electrons. The highest BCUT2D eigenvalue weighted by atomic mass is 32.2. The average Bonchev–Trinajstić information content (AvgIpc) is 3.42. The molecule has 1 aliphatic carbocycles. The zero-order valence-electron chi connectivity index (χ0n) is 20.3. The molecule has 0 saturated heterocycles. The van der Waals surface area contributed by atoms with Crippen molar-refractivity contribution in [3.8, 4) is 16.3 Å². The van der Waals surface area contributed by atoms with Crippen molar-refractivity contribution in [2.24, 2.45) is 5.41 Å². The van der Waals surface area contributed by atoms with E-state index in [1.165, 1.54) is 67.0 Å². The molecule has 1 fully saturated rings. The minimum absolute atomic E-state index is 0.202. The first-order valence-corrected chi connectivity index (χ1v) is 13.6. The molecule has 2 heterocycles. The van der Waals surface area contributed by atoms with E-state index in [9.17, 15) is 9.90 Å². The number of anilines is 1. The fourth-order valence-electron chi connectivity index (χ4n) is 4.85. The molecule has 35 heavy (non-hydrogen) atoms. The van der Waals surface area contributed by atoms with Crippen molar-refractivity contribution in [2.45, 2.75) is 58.5 Å². The summed E-state index contributed by atoms with van der Waals surface area (Å²) in [4.78, 5) is 17.4. The number of carboxylic acid groups (broad SMARTS) is 1. The number of methoxy groups -OCH3 is 1. The van der Waals surface area contributed by atoms with Crippen molar-refractivity contribution in [1.29, 1.82) is 0 Å². The van der Waals surface area contributed by atoms with Crippen LogP contribution in [-0.4, -0.2) is 27.5 Å². The van der Waals surface area contributed by atoms with Crippen LogP contribution in [0, 0.1) is 5.41 Å². The van der Waals surface area contributed by atoms with Gasteiger partial charge >= 0.3 is 5.97 Å². The highest BCUT2D eigenvalue weighted by Gasteiger charge is 2.28. The first-order chi connectivity index (χ1) is 16.8. The summed E-state index contributed by atoms with van der Waals surface area (Å²) in [5.41, 5.74) is 5.24. The Labute approximate surface area is 215 Å². The highest BCUT2D eigenvalue weighted by Crippen LogP contribution is 2.43. The highest BCUT2D eigenvalue weighted by molar-refractivity contribution is 7.98. The van der Waals surface area contributed by atoms with Gasteiger partial charge in [-0.1, -0.05) is 38.1 Å². The number of thiazole rings is 1. The minimum atomic E-state index is -0.971. The Balaban J connectivity index is 1.18. The first-order valence-electron chi connectivity index (χ1n) is 12.0. The molecule has 0 bridgehead atoms. The van der Waals surface area contributed by atoms with Gasteiger partial charge < -0.3 is 14.6 Å². The van der Waals surface area contributed by atoms with E-state index in [1.54, 1.807) is 23.5 Å². The predicted octanol–water partition coefficient (Wildman–Crippen LogP) is 7.19. The molecule has 1 saturated carbocycles. The van der Waals surface area contributed by atoms with Gasteiger partial charge in [0.15, 0.2) is 0 Å². The Bertz CT molecular complexity index is 1190. The number of benzene rings is 2. The van der Waals surface area contributed by atoms with Crippen LogP contribution in [0.3, 0.4) is 0 Å². The molecule has 2 aliphatic rings. The van der Waals surface area contributed by atoms with E-state index in [-0.39, 0.29) is 5.56 Å². The van der Waals surface area contributed by atoms with Gasteiger partial charge in [-0.05, 0) is 60.8 Å². The van der Waals surface area contributed by atoms with Crippen LogP contribution in [-0.2, 0) is 13.1 Å². The molecule has 0 atom stereocenters. The number of carbonyl (C=O) groups is 1. The summed E-state index contributed by atoms with van der Waals surface area (Å²) in [6.45, 7) is 6.35. The lowest BCUT2D eigenvalue weighted by Crippen LogP contribution is -2.20. The van der Waals surface area contributed by atoms with E-state index < -0.39 is 5.97 Å². The standard InChI is InChI=1S/C27H31N3O3S2/c1-27(2)12-10-18(11-13-27)17-4-6-19(7-5-17)25-28-22-15-30(16-24(22)34-25)35-29-21-9-8-20(26(31)32)14-23(21)33-3/h4-9,14,18,29H,10-13,15-16H2,1-3H3,(H,31,32). The normalized spacial score (nSPS) is 17.8. The second kappa shape index (κ2) is 9.84. The molecule has 8 heteroatoms. The van der Waals surface area contributed by atoms with Crippen LogP contribution in [0.4, 0.5) is 5.69 Å². The maximum Gasteiger partial charge on any atom is 0.335 e. The van der Waals surface area contributed by atoms with Gasteiger partial charge in [-0.25, -0.2) is 14.1 Å². The fourth-order valence-corrected chi connectivity index (χ4v) is 6.80. The van der Waals surface area contributed by atoms with E-state index in [0.717, 1.165) is 29.5 Å². The van der Waals surface area contributed by atoms with Gasteiger partial charge in [0.1, 0.15) is 10.8 Å². The summed E-state index contributed by atoms with van der Waals surface area (Å²) in [6.07, 6.45) is 5.19. The van der Waals surface area contributed by atoms with Gasteiger partial charge in [0.05, 0.1) is 30.6 Å². The number of hydrogen-bond acceptors (Lipinski definition) is 7. The van der Waals surface area contributed by atoms with E-state index in [0.29, 0.717) is 17.1 Å². The number of hydrogen-bond donors (Lipinski definition) is 2. The van der Waals surface area contributed by atoms with Crippen molar-refractivity contribution in [3.63, 3.8) is 0 Å². The quantitative estimate of drug-likeness (QED) is 0.326. The second-order valence-corrected chi connectivity index (χ2v) is 12.1. The monoisotopic (exact) mass is 509 g/mol. The summed E-state index contributed by atoms with van der Waals surface area (Å²) in [7, 11) is 1.54. The zero-order chi connectivity index (χ0) is 24.6. The minimum Gasteiger partial charge on any atom is -0.495 e. The number of aromatic carboxylic acids is 1. The van der Waals surface area contributed by atoms with Crippen LogP contribution in [0.1, 0.15) is 71.9 Å². The van der Waals surface area contributed by atoms with E-state index in [2.05, 4.69) is 47.1 Å². The number of nitrogens with one attached hydrogen (secondary N) is 1. The number of ether oxygens (including phenoxy) is 1.